The van der Waals surface area contributed by atoms with Gasteiger partial charge in [-0.1, -0.05) is 0 Å². The highest BCUT2D eigenvalue weighted by Gasteiger charge is 2.26. The fourth-order valence-electron chi connectivity index (χ4n) is 2.25. The third-order valence-corrected chi connectivity index (χ3v) is 3.21. The van der Waals surface area contributed by atoms with Gasteiger partial charge in [0, 0.05) is 24.8 Å². The standard InChI is InChI=1S/C12H18N4O2/c1-8-7-10(15-12(13)14-8)16-5-3-9(4-6-16)11(17)18-2/h7,9H,3-6H2,1-2H3,(H2,13,14,15). The van der Waals surface area contributed by atoms with Crippen LogP contribution >= 0.6 is 0 Å². The normalized spacial score (nSPS) is 16.7. The van der Waals surface area contributed by atoms with E-state index in [0.29, 0.717) is 5.95 Å². The van der Waals surface area contributed by atoms with Crippen LogP contribution in [0.15, 0.2) is 6.07 Å². The molecule has 18 heavy (non-hydrogen) atoms. The number of rotatable bonds is 2. The number of nitrogens with zero attached hydrogens (tertiary/aromatic N) is 3. The molecule has 1 aromatic rings. The van der Waals surface area contributed by atoms with Gasteiger partial charge in [-0.05, 0) is 19.8 Å². The summed E-state index contributed by atoms with van der Waals surface area (Å²) in [5.74, 6) is 1.02. The van der Waals surface area contributed by atoms with E-state index in [1.165, 1.54) is 7.11 Å². The minimum Gasteiger partial charge on any atom is -0.469 e. The van der Waals surface area contributed by atoms with Gasteiger partial charge in [0.1, 0.15) is 5.82 Å². The van der Waals surface area contributed by atoms with Crippen LogP contribution in [0.5, 0.6) is 0 Å². The Hall–Kier alpha value is -1.85. The average Bonchev–Trinajstić information content (AvgIpc) is 2.37. The Morgan fingerprint density at radius 2 is 2.11 bits per heavy atom. The van der Waals surface area contributed by atoms with Crippen LogP contribution in [0.4, 0.5) is 11.8 Å². The molecule has 1 aliphatic heterocycles. The fourth-order valence-corrected chi connectivity index (χ4v) is 2.25. The van der Waals surface area contributed by atoms with Crippen LogP contribution in [0.2, 0.25) is 0 Å². The van der Waals surface area contributed by atoms with E-state index >= 15 is 0 Å². The van der Waals surface area contributed by atoms with E-state index in [0.717, 1.165) is 37.4 Å². The minimum atomic E-state index is -0.118. The Morgan fingerprint density at radius 1 is 1.44 bits per heavy atom. The van der Waals surface area contributed by atoms with E-state index in [1.54, 1.807) is 0 Å². The average molecular weight is 250 g/mol. The van der Waals surface area contributed by atoms with Crippen molar-refractivity contribution in [2.45, 2.75) is 19.8 Å². The van der Waals surface area contributed by atoms with Crippen molar-refractivity contribution in [1.82, 2.24) is 9.97 Å². The van der Waals surface area contributed by atoms with Crippen molar-refractivity contribution in [3.63, 3.8) is 0 Å². The lowest BCUT2D eigenvalue weighted by molar-refractivity contribution is -0.146. The Balaban J connectivity index is 2.03. The van der Waals surface area contributed by atoms with Crippen molar-refractivity contribution in [3.05, 3.63) is 11.8 Å². The molecule has 0 saturated carbocycles. The number of anilines is 2. The van der Waals surface area contributed by atoms with E-state index in [2.05, 4.69) is 14.9 Å². The number of nitrogens with two attached hydrogens (primary N) is 1. The Bertz CT molecular complexity index is 421. The number of piperidine rings is 1. The summed E-state index contributed by atoms with van der Waals surface area (Å²) in [4.78, 5) is 21.8. The van der Waals surface area contributed by atoms with Crippen molar-refractivity contribution in [1.29, 1.82) is 0 Å². The number of aromatic nitrogens is 2. The molecule has 98 valence electrons. The van der Waals surface area contributed by atoms with Crippen molar-refractivity contribution >= 4 is 17.7 Å². The second kappa shape index (κ2) is 5.20. The second-order valence-corrected chi connectivity index (χ2v) is 4.51. The van der Waals surface area contributed by atoms with Gasteiger partial charge in [-0.25, -0.2) is 4.98 Å². The van der Waals surface area contributed by atoms with Crippen molar-refractivity contribution < 1.29 is 9.53 Å². The number of hydrogen-bond acceptors (Lipinski definition) is 6. The maximum Gasteiger partial charge on any atom is 0.308 e. The highest BCUT2D eigenvalue weighted by molar-refractivity contribution is 5.72. The molecule has 6 nitrogen and oxygen atoms in total. The number of carbonyl (C=O) groups is 1. The maximum absolute atomic E-state index is 11.4. The largest absolute Gasteiger partial charge is 0.469 e. The summed E-state index contributed by atoms with van der Waals surface area (Å²) in [6.45, 7) is 3.47. The molecule has 0 unspecified atom stereocenters. The van der Waals surface area contributed by atoms with Gasteiger partial charge >= 0.3 is 5.97 Å². The van der Waals surface area contributed by atoms with E-state index in [-0.39, 0.29) is 11.9 Å². The molecule has 0 radical (unpaired) electrons. The van der Waals surface area contributed by atoms with Crippen LogP contribution < -0.4 is 10.6 Å². The topological polar surface area (TPSA) is 81.3 Å². The number of carbonyl (C=O) groups excluding carboxylic acids is 1. The lowest BCUT2D eigenvalue weighted by atomic mass is 9.97. The van der Waals surface area contributed by atoms with Gasteiger partial charge in [0.25, 0.3) is 0 Å². The molecular weight excluding hydrogens is 232 g/mol. The molecule has 1 aromatic heterocycles. The minimum absolute atomic E-state index is 0.00605. The fraction of sp³-hybridized carbons (Fsp3) is 0.583. The molecule has 6 heteroatoms. The molecule has 0 aromatic carbocycles. The van der Waals surface area contributed by atoms with E-state index in [4.69, 9.17) is 10.5 Å². The van der Waals surface area contributed by atoms with Crippen molar-refractivity contribution in [2.24, 2.45) is 5.92 Å². The summed E-state index contributed by atoms with van der Waals surface area (Å²) < 4.78 is 4.77. The highest BCUT2D eigenvalue weighted by atomic mass is 16.5. The van der Waals surface area contributed by atoms with Gasteiger partial charge in [-0.2, -0.15) is 4.98 Å². The van der Waals surface area contributed by atoms with Crippen LogP contribution in [0.1, 0.15) is 18.5 Å². The molecule has 2 rings (SSSR count). The molecule has 0 spiro atoms. The first-order valence-corrected chi connectivity index (χ1v) is 6.04. The zero-order valence-electron chi connectivity index (χ0n) is 10.7. The monoisotopic (exact) mass is 250 g/mol. The van der Waals surface area contributed by atoms with Gasteiger partial charge in [0.15, 0.2) is 0 Å². The first-order chi connectivity index (χ1) is 8.60. The molecule has 0 atom stereocenters. The zero-order valence-corrected chi connectivity index (χ0v) is 10.7. The SMILES string of the molecule is COC(=O)C1CCN(c2cc(C)nc(N)n2)CC1. The van der Waals surface area contributed by atoms with Crippen LogP contribution in [0, 0.1) is 12.8 Å². The summed E-state index contributed by atoms with van der Waals surface area (Å²) in [5, 5.41) is 0. The predicted molar refractivity (Wildman–Crippen MR) is 68.1 cm³/mol. The van der Waals surface area contributed by atoms with Crippen LogP contribution in [0.25, 0.3) is 0 Å². The lowest BCUT2D eigenvalue weighted by Gasteiger charge is -2.31. The molecule has 0 amide bonds. The zero-order chi connectivity index (χ0) is 13.1. The quantitative estimate of drug-likeness (QED) is 0.780. The van der Waals surface area contributed by atoms with E-state index < -0.39 is 0 Å². The third-order valence-electron chi connectivity index (χ3n) is 3.21. The van der Waals surface area contributed by atoms with Gasteiger partial charge in [-0.3, -0.25) is 4.79 Å². The van der Waals surface area contributed by atoms with E-state index in [9.17, 15) is 4.79 Å². The number of aryl methyl sites for hydroxylation is 1. The summed E-state index contributed by atoms with van der Waals surface area (Å²) in [6, 6.07) is 1.91. The van der Waals surface area contributed by atoms with Crippen molar-refractivity contribution in [3.8, 4) is 0 Å². The maximum atomic E-state index is 11.4. The van der Waals surface area contributed by atoms with Gasteiger partial charge in [-0.15, -0.1) is 0 Å². The molecular formula is C12H18N4O2. The molecule has 1 aliphatic rings. The van der Waals surface area contributed by atoms with Gasteiger partial charge < -0.3 is 15.4 Å². The number of methoxy groups -OCH3 is 1. The van der Waals surface area contributed by atoms with Crippen LogP contribution in [0.3, 0.4) is 0 Å². The van der Waals surface area contributed by atoms with Gasteiger partial charge in [0.05, 0.1) is 13.0 Å². The highest BCUT2D eigenvalue weighted by Crippen LogP contribution is 2.23. The second-order valence-electron chi connectivity index (χ2n) is 4.51. The smallest absolute Gasteiger partial charge is 0.308 e. The molecule has 1 saturated heterocycles. The van der Waals surface area contributed by atoms with Crippen LogP contribution in [-0.4, -0.2) is 36.1 Å². The third kappa shape index (κ3) is 2.69. The Kier molecular flexibility index (Phi) is 3.64. The Labute approximate surface area is 106 Å². The van der Waals surface area contributed by atoms with Gasteiger partial charge in [0.2, 0.25) is 5.95 Å². The molecule has 0 bridgehead atoms. The molecule has 2 N–H and O–H groups in total. The molecule has 1 fully saturated rings. The number of esters is 1. The summed E-state index contributed by atoms with van der Waals surface area (Å²) in [6.07, 6.45) is 1.57. The predicted octanol–water partition coefficient (Wildman–Crippen LogP) is 0.757. The number of nitrogen functional groups attached to an aromatic ring is 1. The van der Waals surface area contributed by atoms with E-state index in [1.807, 2.05) is 13.0 Å². The number of ether oxygens (including phenoxy) is 1. The lowest BCUT2D eigenvalue weighted by Crippen LogP contribution is -2.37. The molecule has 0 aliphatic carbocycles. The summed E-state index contributed by atoms with van der Waals surface area (Å²) >= 11 is 0. The first-order valence-electron chi connectivity index (χ1n) is 6.04. The first kappa shape index (κ1) is 12.6. The number of hydrogen-bond donors (Lipinski definition) is 1. The molecule has 2 heterocycles. The van der Waals surface area contributed by atoms with Crippen LogP contribution in [-0.2, 0) is 9.53 Å². The summed E-state index contributed by atoms with van der Waals surface area (Å²) in [5.41, 5.74) is 6.49. The summed E-state index contributed by atoms with van der Waals surface area (Å²) in [7, 11) is 1.43. The van der Waals surface area contributed by atoms with Crippen molar-refractivity contribution in [2.75, 3.05) is 30.8 Å². The Morgan fingerprint density at radius 3 is 2.67 bits per heavy atom.